The molecular weight excluding hydrogens is 246 g/mol. The third-order valence-electron chi connectivity index (χ3n) is 2.82. The van der Waals surface area contributed by atoms with Gasteiger partial charge in [-0.2, -0.15) is 0 Å². The number of carbonyl (C=O) groups excluding carboxylic acids is 1. The third-order valence-corrected chi connectivity index (χ3v) is 2.82. The molecule has 2 nitrogen and oxygen atoms in total. The number of hydrogen-bond acceptors (Lipinski definition) is 1. The van der Waals surface area contributed by atoms with Crippen molar-refractivity contribution in [2.75, 3.05) is 5.32 Å². The van der Waals surface area contributed by atoms with E-state index in [1.165, 1.54) is 0 Å². The minimum Gasteiger partial charge on any atom is -0.322 e. The number of benzene rings is 2. The summed E-state index contributed by atoms with van der Waals surface area (Å²) in [5.41, 5.74) is 3.52. The monoisotopic (exact) mass is 263 g/mol. The molecule has 20 heavy (non-hydrogen) atoms. The normalized spacial score (nSPS) is 10.4. The predicted molar refractivity (Wildman–Crippen MR) is 85.3 cm³/mol. The lowest BCUT2D eigenvalue weighted by Crippen LogP contribution is -2.11. The molecule has 0 aromatic heterocycles. The van der Waals surface area contributed by atoms with Gasteiger partial charge in [0.15, 0.2) is 0 Å². The molecule has 0 saturated carbocycles. The second-order valence-corrected chi connectivity index (χ2v) is 4.60. The molecule has 1 N–H and O–H groups in total. The summed E-state index contributed by atoms with van der Waals surface area (Å²) in [6.07, 6.45) is 4.10. The minimum absolute atomic E-state index is 0.155. The molecule has 2 aromatic rings. The summed E-state index contributed by atoms with van der Waals surface area (Å²) in [5.74, 6) is -0.155. The topological polar surface area (TPSA) is 29.1 Å². The fraction of sp³-hybridized carbons (Fsp3) is 0.0556. The smallest absolute Gasteiger partial charge is 0.250 e. The molecule has 2 rings (SSSR count). The van der Waals surface area contributed by atoms with Crippen molar-refractivity contribution in [1.82, 2.24) is 0 Å². The Labute approximate surface area is 119 Å². The Morgan fingerprint density at radius 2 is 1.50 bits per heavy atom. The maximum absolute atomic E-state index is 11.5. The van der Waals surface area contributed by atoms with Gasteiger partial charge in [0.1, 0.15) is 0 Å². The van der Waals surface area contributed by atoms with E-state index in [1.54, 1.807) is 6.92 Å². The van der Waals surface area contributed by atoms with Crippen LogP contribution in [-0.4, -0.2) is 5.91 Å². The summed E-state index contributed by atoms with van der Waals surface area (Å²) >= 11 is 0. The number of carbonyl (C=O) groups is 1. The van der Waals surface area contributed by atoms with Crippen LogP contribution in [0.25, 0.3) is 12.2 Å². The fourth-order valence-electron chi connectivity index (χ4n) is 1.67. The number of anilines is 1. The molecule has 2 aromatic carbocycles. The van der Waals surface area contributed by atoms with Crippen LogP contribution in [0.5, 0.6) is 0 Å². The Bertz CT molecular complexity index is 624. The van der Waals surface area contributed by atoms with Gasteiger partial charge < -0.3 is 5.32 Å². The van der Waals surface area contributed by atoms with E-state index in [0.717, 1.165) is 16.8 Å². The number of rotatable bonds is 4. The van der Waals surface area contributed by atoms with E-state index in [-0.39, 0.29) is 5.91 Å². The molecule has 0 saturated heterocycles. The summed E-state index contributed by atoms with van der Waals surface area (Å²) in [6, 6.07) is 17.8. The zero-order valence-corrected chi connectivity index (χ0v) is 11.5. The average Bonchev–Trinajstić information content (AvgIpc) is 2.47. The van der Waals surface area contributed by atoms with Crippen molar-refractivity contribution in [3.05, 3.63) is 77.9 Å². The molecule has 0 aliphatic carbocycles. The Hall–Kier alpha value is -2.61. The first-order valence-corrected chi connectivity index (χ1v) is 6.45. The van der Waals surface area contributed by atoms with E-state index >= 15 is 0 Å². The Balaban J connectivity index is 2.03. The van der Waals surface area contributed by atoms with Gasteiger partial charge in [-0.25, -0.2) is 0 Å². The Morgan fingerprint density at radius 3 is 2.05 bits per heavy atom. The number of hydrogen-bond donors (Lipinski definition) is 1. The molecular formula is C18H17NO. The fourth-order valence-corrected chi connectivity index (χ4v) is 1.67. The second kappa shape index (κ2) is 6.53. The minimum atomic E-state index is -0.155. The van der Waals surface area contributed by atoms with Crippen LogP contribution >= 0.6 is 0 Å². The molecule has 0 spiro atoms. The average molecular weight is 263 g/mol. The van der Waals surface area contributed by atoms with E-state index in [9.17, 15) is 4.79 Å². The zero-order valence-electron chi connectivity index (χ0n) is 11.5. The van der Waals surface area contributed by atoms with Gasteiger partial charge in [0.2, 0.25) is 0 Å². The van der Waals surface area contributed by atoms with E-state index in [1.807, 2.05) is 48.5 Å². The molecule has 0 unspecified atom stereocenters. The predicted octanol–water partition coefficient (Wildman–Crippen LogP) is 4.37. The van der Waals surface area contributed by atoms with Crippen LogP contribution in [0.3, 0.4) is 0 Å². The highest BCUT2D eigenvalue weighted by Gasteiger charge is 2.01. The van der Waals surface area contributed by atoms with Gasteiger partial charge >= 0.3 is 0 Å². The lowest BCUT2D eigenvalue weighted by molar-refractivity contribution is -0.112. The standard InChI is InChI=1S/C18H17NO/c1-14(2)18(20)19-17-12-10-16(11-13-17)9-8-15-6-4-3-5-7-15/h3-13H,1H2,2H3,(H,19,20). The Kier molecular flexibility index (Phi) is 4.51. The van der Waals surface area contributed by atoms with Gasteiger partial charge in [0, 0.05) is 11.3 Å². The van der Waals surface area contributed by atoms with Gasteiger partial charge in [-0.1, -0.05) is 61.2 Å². The molecule has 0 heterocycles. The van der Waals surface area contributed by atoms with E-state index in [0.29, 0.717) is 5.57 Å². The van der Waals surface area contributed by atoms with Crippen LogP contribution in [0.2, 0.25) is 0 Å². The Morgan fingerprint density at radius 1 is 0.950 bits per heavy atom. The van der Waals surface area contributed by atoms with Crippen molar-refractivity contribution in [3.63, 3.8) is 0 Å². The van der Waals surface area contributed by atoms with Crippen molar-refractivity contribution in [2.45, 2.75) is 6.92 Å². The highest BCUT2D eigenvalue weighted by molar-refractivity contribution is 6.02. The van der Waals surface area contributed by atoms with Crippen LogP contribution in [0.4, 0.5) is 5.69 Å². The van der Waals surface area contributed by atoms with Crippen molar-refractivity contribution in [1.29, 1.82) is 0 Å². The molecule has 100 valence electrons. The first-order valence-electron chi connectivity index (χ1n) is 6.45. The largest absolute Gasteiger partial charge is 0.322 e. The summed E-state index contributed by atoms with van der Waals surface area (Å²) in [6.45, 7) is 5.30. The number of nitrogens with one attached hydrogen (secondary N) is 1. The maximum Gasteiger partial charge on any atom is 0.250 e. The number of amides is 1. The van der Waals surface area contributed by atoms with Gasteiger partial charge in [-0.15, -0.1) is 0 Å². The molecule has 0 fully saturated rings. The second-order valence-electron chi connectivity index (χ2n) is 4.60. The van der Waals surface area contributed by atoms with Crippen LogP contribution in [0, 0.1) is 0 Å². The van der Waals surface area contributed by atoms with Gasteiger partial charge in [0.25, 0.3) is 5.91 Å². The maximum atomic E-state index is 11.5. The van der Waals surface area contributed by atoms with E-state index in [4.69, 9.17) is 0 Å². The molecule has 0 aliphatic rings. The lowest BCUT2D eigenvalue weighted by atomic mass is 10.1. The molecule has 2 heteroatoms. The first-order chi connectivity index (χ1) is 9.65. The van der Waals surface area contributed by atoms with Crippen molar-refractivity contribution in [3.8, 4) is 0 Å². The van der Waals surface area contributed by atoms with Gasteiger partial charge in [-0.05, 0) is 30.2 Å². The molecule has 0 atom stereocenters. The van der Waals surface area contributed by atoms with Gasteiger partial charge in [0.05, 0.1) is 0 Å². The first kappa shape index (κ1) is 13.8. The van der Waals surface area contributed by atoms with E-state index in [2.05, 4.69) is 30.1 Å². The summed E-state index contributed by atoms with van der Waals surface area (Å²) in [4.78, 5) is 11.5. The van der Waals surface area contributed by atoms with Crippen molar-refractivity contribution in [2.24, 2.45) is 0 Å². The lowest BCUT2D eigenvalue weighted by Gasteiger charge is -2.04. The molecule has 1 amide bonds. The third kappa shape index (κ3) is 3.95. The highest BCUT2D eigenvalue weighted by Crippen LogP contribution is 2.13. The summed E-state index contributed by atoms with van der Waals surface area (Å²) in [7, 11) is 0. The van der Waals surface area contributed by atoms with Gasteiger partial charge in [-0.3, -0.25) is 4.79 Å². The quantitative estimate of drug-likeness (QED) is 0.644. The molecule has 0 radical (unpaired) electrons. The molecule has 0 bridgehead atoms. The van der Waals surface area contributed by atoms with Crippen molar-refractivity contribution < 1.29 is 4.79 Å². The van der Waals surface area contributed by atoms with E-state index < -0.39 is 0 Å². The van der Waals surface area contributed by atoms with Crippen LogP contribution in [0.1, 0.15) is 18.1 Å². The molecule has 0 aliphatic heterocycles. The van der Waals surface area contributed by atoms with Crippen LogP contribution < -0.4 is 5.32 Å². The summed E-state index contributed by atoms with van der Waals surface area (Å²) < 4.78 is 0. The SMILES string of the molecule is C=C(C)C(=O)Nc1ccc(C=Cc2ccccc2)cc1. The highest BCUT2D eigenvalue weighted by atomic mass is 16.1. The van der Waals surface area contributed by atoms with Crippen molar-refractivity contribution >= 4 is 23.7 Å². The van der Waals surface area contributed by atoms with Crippen LogP contribution in [-0.2, 0) is 4.79 Å². The zero-order chi connectivity index (χ0) is 14.4. The summed E-state index contributed by atoms with van der Waals surface area (Å²) in [5, 5.41) is 2.78. The van der Waals surface area contributed by atoms with Crippen LogP contribution in [0.15, 0.2) is 66.7 Å².